The number of thioether (sulfide) groups is 1. The average Bonchev–Trinajstić information content (AvgIpc) is 2.33. The van der Waals surface area contributed by atoms with Gasteiger partial charge in [0, 0.05) is 6.54 Å². The second-order valence-corrected chi connectivity index (χ2v) is 5.83. The first-order valence-electron chi connectivity index (χ1n) is 6.14. The second-order valence-electron chi connectivity index (χ2n) is 4.04. The minimum absolute atomic E-state index is 0.865. The van der Waals surface area contributed by atoms with E-state index < -0.39 is 0 Å². The lowest BCUT2D eigenvalue weighted by molar-refractivity contribution is 0.594. The largest absolute Gasteiger partial charge is 0.311 e. The van der Waals surface area contributed by atoms with Gasteiger partial charge in [0.15, 0.2) is 0 Å². The van der Waals surface area contributed by atoms with E-state index >= 15 is 0 Å². The lowest BCUT2D eigenvalue weighted by Crippen LogP contribution is -2.15. The van der Waals surface area contributed by atoms with Gasteiger partial charge >= 0.3 is 0 Å². The van der Waals surface area contributed by atoms with E-state index in [1.54, 1.807) is 0 Å². The number of hydrogen-bond acceptors (Lipinski definition) is 3. The number of unbranched alkanes of at least 4 members (excludes halogenated alkanes) is 3. The summed E-state index contributed by atoms with van der Waals surface area (Å²) < 4.78 is 0.911. The maximum Gasteiger partial charge on any atom is 0.106 e. The molecule has 0 amide bonds. The maximum absolute atomic E-state index is 4.38. The highest BCUT2D eigenvalue weighted by atomic mass is 79.9. The first kappa shape index (κ1) is 15.0. The lowest BCUT2D eigenvalue weighted by atomic mass is 10.2. The van der Waals surface area contributed by atoms with Gasteiger partial charge in [-0.15, -0.1) is 0 Å². The van der Waals surface area contributed by atoms with E-state index in [2.05, 4.69) is 38.6 Å². The van der Waals surface area contributed by atoms with E-state index in [0.29, 0.717) is 0 Å². The molecular formula is C13H21BrN2S. The Balaban J connectivity index is 1.97. The molecule has 4 heteroatoms. The van der Waals surface area contributed by atoms with Gasteiger partial charge in [-0.2, -0.15) is 11.8 Å². The zero-order chi connectivity index (χ0) is 12.3. The standard InChI is InChI=1S/C13H21BrN2S/c1-17-10-5-3-2-4-9-15-11-12-7-6-8-13(14)16-12/h6-8,15H,2-5,9-11H2,1H3. The van der Waals surface area contributed by atoms with Gasteiger partial charge in [0.05, 0.1) is 5.69 Å². The molecule has 0 radical (unpaired) electrons. The molecule has 0 bridgehead atoms. The van der Waals surface area contributed by atoms with Crippen molar-refractivity contribution in [3.63, 3.8) is 0 Å². The molecule has 0 fully saturated rings. The molecular weight excluding hydrogens is 296 g/mol. The molecule has 1 N–H and O–H groups in total. The van der Waals surface area contributed by atoms with Crippen LogP contribution in [0.5, 0.6) is 0 Å². The number of aromatic nitrogens is 1. The molecule has 17 heavy (non-hydrogen) atoms. The normalized spacial score (nSPS) is 10.7. The van der Waals surface area contributed by atoms with E-state index in [0.717, 1.165) is 23.4 Å². The van der Waals surface area contributed by atoms with Gasteiger partial charge in [0.2, 0.25) is 0 Å². The van der Waals surface area contributed by atoms with Crippen LogP contribution in [-0.2, 0) is 6.54 Å². The smallest absolute Gasteiger partial charge is 0.106 e. The molecule has 0 saturated carbocycles. The molecule has 0 spiro atoms. The van der Waals surface area contributed by atoms with Gasteiger partial charge in [-0.25, -0.2) is 4.98 Å². The number of nitrogens with one attached hydrogen (secondary N) is 1. The number of pyridine rings is 1. The van der Waals surface area contributed by atoms with Crippen LogP contribution in [0.4, 0.5) is 0 Å². The summed E-state index contributed by atoms with van der Waals surface area (Å²) >= 11 is 5.32. The molecule has 2 nitrogen and oxygen atoms in total. The predicted molar refractivity (Wildman–Crippen MR) is 80.5 cm³/mol. The summed E-state index contributed by atoms with van der Waals surface area (Å²) in [5.41, 5.74) is 1.10. The highest BCUT2D eigenvalue weighted by Crippen LogP contribution is 2.06. The Morgan fingerprint density at radius 2 is 2.06 bits per heavy atom. The van der Waals surface area contributed by atoms with Gasteiger partial charge in [-0.05, 0) is 59.5 Å². The summed E-state index contributed by atoms with van der Waals surface area (Å²) in [5.74, 6) is 1.30. The third-order valence-corrected chi connectivity index (χ3v) is 3.67. The zero-order valence-corrected chi connectivity index (χ0v) is 12.8. The van der Waals surface area contributed by atoms with Crippen molar-refractivity contribution in [2.75, 3.05) is 18.6 Å². The van der Waals surface area contributed by atoms with E-state index in [1.165, 1.54) is 31.4 Å². The van der Waals surface area contributed by atoms with Crippen LogP contribution in [0.3, 0.4) is 0 Å². The predicted octanol–water partition coefficient (Wildman–Crippen LogP) is 3.86. The first-order chi connectivity index (χ1) is 8.33. The Labute approximate surface area is 117 Å². The Bertz CT molecular complexity index is 307. The maximum atomic E-state index is 4.38. The number of hydrogen-bond donors (Lipinski definition) is 1. The summed E-state index contributed by atoms with van der Waals surface area (Å²) in [6, 6.07) is 6.03. The number of rotatable bonds is 9. The Morgan fingerprint density at radius 3 is 2.82 bits per heavy atom. The SMILES string of the molecule is CSCCCCCCNCc1cccc(Br)n1. The van der Waals surface area contributed by atoms with Crippen LogP contribution in [0, 0.1) is 0 Å². The number of nitrogens with zero attached hydrogens (tertiary/aromatic N) is 1. The van der Waals surface area contributed by atoms with E-state index in [9.17, 15) is 0 Å². The summed E-state index contributed by atoms with van der Waals surface area (Å²) in [4.78, 5) is 4.38. The molecule has 0 atom stereocenters. The van der Waals surface area contributed by atoms with Gasteiger partial charge in [0.1, 0.15) is 4.60 Å². The van der Waals surface area contributed by atoms with Gasteiger partial charge in [-0.3, -0.25) is 0 Å². The monoisotopic (exact) mass is 316 g/mol. The van der Waals surface area contributed by atoms with Crippen LogP contribution in [0.2, 0.25) is 0 Å². The Hall–Kier alpha value is -0.0600. The minimum Gasteiger partial charge on any atom is -0.311 e. The Kier molecular flexibility index (Phi) is 8.75. The third-order valence-electron chi connectivity index (χ3n) is 2.53. The van der Waals surface area contributed by atoms with Crippen LogP contribution in [0.15, 0.2) is 22.8 Å². The van der Waals surface area contributed by atoms with Crippen LogP contribution < -0.4 is 5.32 Å². The van der Waals surface area contributed by atoms with Crippen LogP contribution >= 0.6 is 27.7 Å². The Morgan fingerprint density at radius 1 is 1.24 bits per heavy atom. The zero-order valence-electron chi connectivity index (χ0n) is 10.4. The average molecular weight is 317 g/mol. The van der Waals surface area contributed by atoms with Gasteiger partial charge in [-0.1, -0.05) is 18.9 Å². The van der Waals surface area contributed by atoms with Crippen LogP contribution in [0.1, 0.15) is 31.4 Å². The van der Waals surface area contributed by atoms with Crippen molar-refractivity contribution in [3.8, 4) is 0 Å². The molecule has 0 unspecified atom stereocenters. The topological polar surface area (TPSA) is 24.9 Å². The number of halogens is 1. The molecule has 1 aromatic rings. The molecule has 0 aliphatic rings. The van der Waals surface area contributed by atoms with Crippen molar-refractivity contribution < 1.29 is 0 Å². The van der Waals surface area contributed by atoms with Crippen LogP contribution in [0.25, 0.3) is 0 Å². The van der Waals surface area contributed by atoms with Crippen molar-refractivity contribution in [1.82, 2.24) is 10.3 Å². The fourth-order valence-electron chi connectivity index (χ4n) is 1.62. The molecule has 0 aromatic carbocycles. The van der Waals surface area contributed by atoms with Crippen molar-refractivity contribution in [2.45, 2.75) is 32.2 Å². The van der Waals surface area contributed by atoms with E-state index in [4.69, 9.17) is 0 Å². The first-order valence-corrected chi connectivity index (χ1v) is 8.32. The second kappa shape index (κ2) is 9.92. The fraction of sp³-hybridized carbons (Fsp3) is 0.615. The molecule has 1 heterocycles. The highest BCUT2D eigenvalue weighted by Gasteiger charge is 1.95. The fourth-order valence-corrected chi connectivity index (χ4v) is 2.49. The summed E-state index contributed by atoms with van der Waals surface area (Å²) in [6.07, 6.45) is 7.49. The van der Waals surface area contributed by atoms with Crippen LogP contribution in [-0.4, -0.2) is 23.5 Å². The van der Waals surface area contributed by atoms with E-state index in [-0.39, 0.29) is 0 Å². The lowest BCUT2D eigenvalue weighted by Gasteiger charge is -2.04. The molecule has 0 saturated heterocycles. The molecule has 96 valence electrons. The van der Waals surface area contributed by atoms with Gasteiger partial charge in [0.25, 0.3) is 0 Å². The summed E-state index contributed by atoms with van der Waals surface area (Å²) in [6.45, 7) is 1.96. The van der Waals surface area contributed by atoms with E-state index in [1.807, 2.05) is 23.9 Å². The molecule has 0 aliphatic carbocycles. The van der Waals surface area contributed by atoms with Crippen molar-refractivity contribution in [1.29, 1.82) is 0 Å². The molecule has 1 rings (SSSR count). The molecule has 1 aromatic heterocycles. The third kappa shape index (κ3) is 7.79. The van der Waals surface area contributed by atoms with Gasteiger partial charge < -0.3 is 5.32 Å². The summed E-state index contributed by atoms with van der Waals surface area (Å²) in [5, 5.41) is 3.43. The highest BCUT2D eigenvalue weighted by molar-refractivity contribution is 9.10. The van der Waals surface area contributed by atoms with Crippen molar-refractivity contribution in [3.05, 3.63) is 28.5 Å². The van der Waals surface area contributed by atoms with Crippen molar-refractivity contribution >= 4 is 27.7 Å². The summed E-state index contributed by atoms with van der Waals surface area (Å²) in [7, 11) is 0. The quantitative estimate of drug-likeness (QED) is 0.553. The molecule has 0 aliphatic heterocycles. The minimum atomic E-state index is 0.865. The van der Waals surface area contributed by atoms with Crippen molar-refractivity contribution in [2.24, 2.45) is 0 Å².